The maximum absolute atomic E-state index is 8.97. The summed E-state index contributed by atoms with van der Waals surface area (Å²) < 4.78 is 30.8. The van der Waals surface area contributed by atoms with E-state index in [1.165, 1.54) is 0 Å². The summed E-state index contributed by atoms with van der Waals surface area (Å²) in [6, 6.07) is 0. The molecule has 0 saturated carbocycles. The average Bonchev–Trinajstić information content (AvgIpc) is 0.722. The zero-order valence-corrected chi connectivity index (χ0v) is 11.1. The Morgan fingerprint density at radius 1 is 1.12 bits per heavy atom. The second kappa shape index (κ2) is 10.6. The van der Waals surface area contributed by atoms with Gasteiger partial charge in [-0.05, 0) is 0 Å². The van der Waals surface area contributed by atoms with Crippen LogP contribution in [0.5, 0.6) is 0 Å². The molecule has 0 spiro atoms. The van der Waals surface area contributed by atoms with Gasteiger partial charge in [0.15, 0.2) is 0 Å². The second-order valence-electron chi connectivity index (χ2n) is 0.513. The van der Waals surface area contributed by atoms with Crippen molar-refractivity contribution in [3.05, 3.63) is 0 Å². The van der Waals surface area contributed by atoms with E-state index in [4.69, 9.17) is 13.2 Å². The molecule has 0 fully saturated rings. The smallest absolute Gasteiger partial charge is 0 e. The van der Waals surface area contributed by atoms with Crippen molar-refractivity contribution in [2.75, 3.05) is 0 Å². The minimum absolute atomic E-state index is 0. The molecule has 8 heteroatoms. The molecule has 44 valence electrons. The maximum Gasteiger partial charge on any atom is 0 e. The predicted molar refractivity (Wildman–Crippen MR) is 20.2 cm³/mol. The molecule has 0 heterocycles. The minimum atomic E-state index is -5.35. The van der Waals surface area contributed by atoms with Crippen LogP contribution in [0.15, 0.2) is 0 Å². The summed E-state index contributed by atoms with van der Waals surface area (Å²) in [6.07, 6.45) is 0. The number of hydrogen-bond acceptors (Lipinski definition) is 1. The first-order chi connectivity index (χ1) is 2.00. The van der Waals surface area contributed by atoms with Gasteiger partial charge in [0.25, 0.3) is 0 Å². The van der Waals surface area contributed by atoms with Crippen LogP contribution in [0.4, 0.5) is 0 Å². The molecule has 0 rings (SSSR count). The molecule has 3 N–H and O–H groups in total. The van der Waals surface area contributed by atoms with Gasteiger partial charge in [0.1, 0.15) is 0 Å². The molecular weight excluding hydrogens is 499 g/mol. The summed E-state index contributed by atoms with van der Waals surface area (Å²) in [5.74, 6) is 0. The van der Waals surface area contributed by atoms with Crippen molar-refractivity contribution in [2.45, 2.75) is 0 Å². The predicted octanol–water partition coefficient (Wildman–Crippen LogP) is -2.82. The molecule has 2 radical (unpaired) electrons. The Hall–Kier alpha value is 3.62. The molecule has 0 aromatic heterocycles. The Morgan fingerprint density at radius 2 is 1.12 bits per heavy atom. The van der Waals surface area contributed by atoms with Crippen molar-refractivity contribution >= 4 is 71.4 Å². The standard InChI is InChI=1S/K.Nb.3H2O.O.Sb.Ta.H/h;;3*1H2;;;;/q;;;;;;+3;;/p-3. The van der Waals surface area contributed by atoms with Crippen LogP contribution in [-0.2, 0) is 47.8 Å². The fourth-order valence-electron chi connectivity index (χ4n) is 0. The van der Waals surface area contributed by atoms with Crippen LogP contribution < -0.4 is 0 Å². The fourth-order valence-corrected chi connectivity index (χ4v) is 0. The zero-order chi connectivity index (χ0) is 4.50. The summed E-state index contributed by atoms with van der Waals surface area (Å²) in [5.41, 5.74) is 0. The van der Waals surface area contributed by atoms with E-state index >= 15 is 0 Å². The molecule has 0 saturated heterocycles. The van der Waals surface area contributed by atoms with Crippen LogP contribution in [0.2, 0.25) is 0 Å². The Bertz CT molecular complexity index is 62.2. The monoisotopic (exact) mass is 502 g/mol. The largest absolute Gasteiger partial charge is 0 e. The van der Waals surface area contributed by atoms with Gasteiger partial charge in [0.05, 0.1) is 0 Å². The Labute approximate surface area is 126 Å². The molecule has 0 bridgehead atoms. The van der Waals surface area contributed by atoms with Crippen LogP contribution in [0, 0.1) is 0 Å². The van der Waals surface area contributed by atoms with Crippen molar-refractivity contribution in [2.24, 2.45) is 0 Å². The first-order valence-corrected chi connectivity index (χ1v) is 5.25. The third kappa shape index (κ3) is 54.6. The van der Waals surface area contributed by atoms with Crippen LogP contribution in [0.25, 0.3) is 0 Å². The molecule has 0 aromatic carbocycles. The zero-order valence-electron chi connectivity index (χ0n) is 3.09. The van der Waals surface area contributed by atoms with Gasteiger partial charge in [-0.25, -0.2) is 0 Å². The summed E-state index contributed by atoms with van der Waals surface area (Å²) in [6.45, 7) is 0. The number of rotatable bonds is 0. The second-order valence-corrected chi connectivity index (χ2v) is 3.44. The fraction of sp³-hybridized carbons (Fsp3) is 0. The van der Waals surface area contributed by atoms with Crippen molar-refractivity contribution in [3.8, 4) is 0 Å². The molecule has 0 aromatic rings. The van der Waals surface area contributed by atoms with E-state index in [-0.39, 0.29) is 96.1 Å². The molecule has 0 aliphatic rings. The third-order valence-corrected chi connectivity index (χ3v) is 0. The molecule has 0 atom stereocenters. The number of hydrogen-bond donors (Lipinski definition) is 3. The Morgan fingerprint density at radius 3 is 1.12 bits per heavy atom. The molecule has 0 aliphatic heterocycles. The maximum atomic E-state index is 8.97. The molecular formula is H4KNbO4SbTa. The molecule has 4 nitrogen and oxygen atoms in total. The van der Waals surface area contributed by atoms with E-state index in [0.29, 0.717) is 0 Å². The molecule has 0 unspecified atom stereocenters. The summed E-state index contributed by atoms with van der Waals surface area (Å²) >= 11 is -5.35. The van der Waals surface area contributed by atoms with Crippen LogP contribution in [-0.4, -0.2) is 81.6 Å². The van der Waals surface area contributed by atoms with Gasteiger partial charge in [-0.2, -0.15) is 0 Å². The Kier molecular flexibility index (Phi) is 29.9. The van der Waals surface area contributed by atoms with E-state index in [9.17, 15) is 0 Å². The van der Waals surface area contributed by atoms with Gasteiger partial charge in [-0.1, -0.05) is 0 Å². The van der Waals surface area contributed by atoms with Crippen LogP contribution in [0.1, 0.15) is 0 Å². The molecule has 0 aliphatic carbocycles. The topological polar surface area (TPSA) is 77.8 Å². The minimum Gasteiger partial charge on any atom is 0 e. The van der Waals surface area contributed by atoms with Crippen molar-refractivity contribution in [1.29, 1.82) is 0 Å². The summed E-state index contributed by atoms with van der Waals surface area (Å²) in [7, 11) is 0. The van der Waals surface area contributed by atoms with Gasteiger partial charge in [0.2, 0.25) is 0 Å². The van der Waals surface area contributed by atoms with Gasteiger partial charge >= 0.3 is 84.6 Å². The first kappa shape index (κ1) is 22.6. The van der Waals surface area contributed by atoms with Crippen molar-refractivity contribution < 1.29 is 57.9 Å². The quantitative estimate of drug-likeness (QED) is 0.312. The van der Waals surface area contributed by atoms with Crippen LogP contribution >= 0.6 is 0 Å². The van der Waals surface area contributed by atoms with Crippen molar-refractivity contribution in [1.82, 2.24) is 0 Å². The van der Waals surface area contributed by atoms with Crippen LogP contribution in [0.3, 0.4) is 0 Å². The average molecular weight is 503 g/mol. The first-order valence-electron chi connectivity index (χ1n) is 0.783. The SMILES string of the molecule is [KH].[Nb].[O]=[Sb]([OH])([OH])[OH].[Ta]. The van der Waals surface area contributed by atoms with Gasteiger partial charge in [-0.3, -0.25) is 0 Å². The van der Waals surface area contributed by atoms with E-state index in [2.05, 4.69) is 0 Å². The normalized spacial score (nSPS) is 7.38. The van der Waals surface area contributed by atoms with Gasteiger partial charge < -0.3 is 0 Å². The Balaban J connectivity index is -0.0000000267. The van der Waals surface area contributed by atoms with Gasteiger partial charge in [0, 0.05) is 44.8 Å². The third-order valence-electron chi connectivity index (χ3n) is 0. The van der Waals surface area contributed by atoms with E-state index in [0.717, 1.165) is 0 Å². The van der Waals surface area contributed by atoms with Crippen molar-refractivity contribution in [3.63, 3.8) is 0 Å². The summed E-state index contributed by atoms with van der Waals surface area (Å²) in [5, 5.41) is 0. The van der Waals surface area contributed by atoms with Gasteiger partial charge in [-0.15, -0.1) is 0 Å². The van der Waals surface area contributed by atoms with E-state index < -0.39 is 20.1 Å². The molecule has 0 amide bonds. The van der Waals surface area contributed by atoms with E-state index in [1.807, 2.05) is 0 Å². The van der Waals surface area contributed by atoms with E-state index in [1.54, 1.807) is 0 Å². The molecule has 8 heavy (non-hydrogen) atoms. The summed E-state index contributed by atoms with van der Waals surface area (Å²) in [4.78, 5) is 0.